The lowest BCUT2D eigenvalue weighted by Crippen LogP contribution is -2.36. The molecule has 0 N–H and O–H groups in total. The monoisotopic (exact) mass is 343 g/mol. The van der Waals surface area contributed by atoms with Crippen LogP contribution in [0.1, 0.15) is 17.5 Å². The number of benzene rings is 1. The van der Waals surface area contributed by atoms with Crippen molar-refractivity contribution >= 4 is 22.4 Å². The fourth-order valence-corrected chi connectivity index (χ4v) is 4.06. The lowest BCUT2D eigenvalue weighted by atomic mass is 10.1. The van der Waals surface area contributed by atoms with E-state index < -0.39 is 0 Å². The van der Waals surface area contributed by atoms with Crippen molar-refractivity contribution in [2.24, 2.45) is 0 Å². The van der Waals surface area contributed by atoms with Crippen LogP contribution in [0.3, 0.4) is 0 Å². The Kier molecular flexibility index (Phi) is 4.38. The minimum absolute atomic E-state index is 0.217. The first kappa shape index (κ1) is 15.4. The van der Waals surface area contributed by atoms with Crippen molar-refractivity contribution in [3.63, 3.8) is 0 Å². The highest BCUT2D eigenvalue weighted by Crippen LogP contribution is 2.26. The van der Waals surface area contributed by atoms with Crippen LogP contribution in [0.2, 0.25) is 0 Å². The molecule has 1 saturated heterocycles. The van der Waals surface area contributed by atoms with Crippen molar-refractivity contribution in [2.45, 2.75) is 19.3 Å². The van der Waals surface area contributed by atoms with Gasteiger partial charge in [-0.15, -0.1) is 11.3 Å². The predicted octanol–water partition coefficient (Wildman–Crippen LogP) is 2.36. The van der Waals surface area contributed by atoms with Gasteiger partial charge in [0.25, 0.3) is 0 Å². The number of thiazole rings is 1. The molecule has 4 rings (SSSR count). The van der Waals surface area contributed by atoms with E-state index in [0.717, 1.165) is 62.1 Å². The van der Waals surface area contributed by atoms with Crippen molar-refractivity contribution in [3.8, 4) is 5.75 Å². The molecule has 0 unspecified atom stereocenters. The zero-order valence-corrected chi connectivity index (χ0v) is 14.4. The molecule has 0 atom stereocenters. The van der Waals surface area contributed by atoms with Gasteiger partial charge >= 0.3 is 0 Å². The summed E-state index contributed by atoms with van der Waals surface area (Å²) >= 11 is 1.66. The first-order chi connectivity index (χ1) is 11.8. The first-order valence-electron chi connectivity index (χ1n) is 8.46. The van der Waals surface area contributed by atoms with Gasteiger partial charge in [-0.25, -0.2) is 4.98 Å². The third-order valence-corrected chi connectivity index (χ3v) is 5.48. The van der Waals surface area contributed by atoms with Crippen LogP contribution in [0.5, 0.6) is 5.75 Å². The molecule has 0 saturated carbocycles. The number of aromatic nitrogens is 1. The van der Waals surface area contributed by atoms with Gasteiger partial charge in [-0.2, -0.15) is 0 Å². The van der Waals surface area contributed by atoms with Crippen molar-refractivity contribution in [1.29, 1.82) is 0 Å². The molecule has 1 aromatic carbocycles. The fraction of sp³-hybridized carbons (Fsp3) is 0.444. The summed E-state index contributed by atoms with van der Waals surface area (Å²) in [6, 6.07) is 6.14. The SMILES string of the molecule is O=C(Cc1ccc2c(c1)CCO2)N1CCCN(c2nccs2)CC1. The number of hydrogen-bond acceptors (Lipinski definition) is 5. The highest BCUT2D eigenvalue weighted by Gasteiger charge is 2.21. The van der Waals surface area contributed by atoms with Crippen LogP contribution in [0.15, 0.2) is 29.8 Å². The molecule has 0 bridgehead atoms. The maximum Gasteiger partial charge on any atom is 0.227 e. The second-order valence-electron chi connectivity index (χ2n) is 6.25. The van der Waals surface area contributed by atoms with E-state index in [0.29, 0.717) is 6.42 Å². The van der Waals surface area contributed by atoms with Crippen LogP contribution in [-0.2, 0) is 17.6 Å². The molecule has 0 radical (unpaired) electrons. The van der Waals surface area contributed by atoms with Gasteiger partial charge in [-0.05, 0) is 23.6 Å². The van der Waals surface area contributed by atoms with Gasteiger partial charge in [0, 0.05) is 44.2 Å². The number of rotatable bonds is 3. The molecular weight excluding hydrogens is 322 g/mol. The van der Waals surface area contributed by atoms with Gasteiger partial charge in [-0.1, -0.05) is 12.1 Å². The third kappa shape index (κ3) is 3.24. The zero-order chi connectivity index (χ0) is 16.4. The molecule has 2 aliphatic heterocycles. The predicted molar refractivity (Wildman–Crippen MR) is 94.9 cm³/mol. The van der Waals surface area contributed by atoms with Crippen LogP contribution in [-0.4, -0.2) is 48.6 Å². The summed E-state index contributed by atoms with van der Waals surface area (Å²) < 4.78 is 5.53. The largest absolute Gasteiger partial charge is 0.493 e. The Balaban J connectivity index is 1.38. The van der Waals surface area contributed by atoms with Gasteiger partial charge in [0.15, 0.2) is 5.13 Å². The van der Waals surface area contributed by atoms with Crippen molar-refractivity contribution in [3.05, 3.63) is 40.9 Å². The average molecular weight is 343 g/mol. The number of nitrogens with zero attached hydrogens (tertiary/aromatic N) is 3. The average Bonchev–Trinajstić information content (AvgIpc) is 3.22. The topological polar surface area (TPSA) is 45.7 Å². The van der Waals surface area contributed by atoms with E-state index in [4.69, 9.17) is 4.74 Å². The molecule has 5 nitrogen and oxygen atoms in total. The van der Waals surface area contributed by atoms with E-state index in [-0.39, 0.29) is 5.91 Å². The van der Waals surface area contributed by atoms with Crippen LogP contribution in [0.25, 0.3) is 0 Å². The smallest absolute Gasteiger partial charge is 0.227 e. The maximum atomic E-state index is 12.7. The lowest BCUT2D eigenvalue weighted by Gasteiger charge is -2.22. The summed E-state index contributed by atoms with van der Waals surface area (Å²) in [6.45, 7) is 4.18. The van der Waals surface area contributed by atoms with Gasteiger partial charge in [0.1, 0.15) is 5.75 Å². The second kappa shape index (κ2) is 6.81. The molecule has 2 aliphatic rings. The molecule has 6 heteroatoms. The number of ether oxygens (including phenoxy) is 1. The Morgan fingerprint density at radius 3 is 3.08 bits per heavy atom. The van der Waals surface area contributed by atoms with Crippen molar-refractivity contribution in [1.82, 2.24) is 9.88 Å². The Labute approximate surface area is 145 Å². The molecular formula is C18H21N3O2S. The number of anilines is 1. The number of carbonyl (C=O) groups excluding carboxylic acids is 1. The summed E-state index contributed by atoms with van der Waals surface area (Å²) in [7, 11) is 0. The Morgan fingerprint density at radius 1 is 1.25 bits per heavy atom. The van der Waals surface area contributed by atoms with E-state index >= 15 is 0 Å². The van der Waals surface area contributed by atoms with Crippen LogP contribution in [0.4, 0.5) is 5.13 Å². The highest BCUT2D eigenvalue weighted by molar-refractivity contribution is 7.13. The Hall–Kier alpha value is -2.08. The number of amides is 1. The molecule has 0 aliphatic carbocycles. The van der Waals surface area contributed by atoms with E-state index in [1.54, 1.807) is 11.3 Å². The molecule has 126 valence electrons. The molecule has 1 aromatic heterocycles. The zero-order valence-electron chi connectivity index (χ0n) is 13.6. The van der Waals surface area contributed by atoms with Gasteiger partial charge in [0.05, 0.1) is 13.0 Å². The third-order valence-electron chi connectivity index (χ3n) is 4.65. The molecule has 0 spiro atoms. The van der Waals surface area contributed by atoms with Crippen molar-refractivity contribution in [2.75, 3.05) is 37.7 Å². The summed E-state index contributed by atoms with van der Waals surface area (Å²) in [5.41, 5.74) is 2.32. The van der Waals surface area contributed by atoms with Crippen LogP contribution >= 0.6 is 11.3 Å². The number of fused-ring (bicyclic) bond motifs is 1. The first-order valence-corrected chi connectivity index (χ1v) is 9.34. The quantitative estimate of drug-likeness (QED) is 0.858. The highest BCUT2D eigenvalue weighted by atomic mass is 32.1. The van der Waals surface area contributed by atoms with E-state index in [9.17, 15) is 4.79 Å². The normalized spacial score (nSPS) is 17.3. The van der Waals surface area contributed by atoms with E-state index in [1.165, 1.54) is 5.56 Å². The Bertz CT molecular complexity index is 717. The van der Waals surface area contributed by atoms with E-state index in [1.807, 2.05) is 28.6 Å². The molecule has 1 fully saturated rings. The van der Waals surface area contributed by atoms with Crippen molar-refractivity contribution < 1.29 is 9.53 Å². The molecule has 24 heavy (non-hydrogen) atoms. The van der Waals surface area contributed by atoms with Crippen LogP contribution in [0, 0.1) is 0 Å². The van der Waals surface area contributed by atoms with Crippen LogP contribution < -0.4 is 9.64 Å². The minimum atomic E-state index is 0.217. The lowest BCUT2D eigenvalue weighted by molar-refractivity contribution is -0.130. The summed E-state index contributed by atoms with van der Waals surface area (Å²) in [6.07, 6.45) is 4.25. The Morgan fingerprint density at radius 2 is 2.21 bits per heavy atom. The summed E-state index contributed by atoms with van der Waals surface area (Å²) in [5.74, 6) is 1.19. The summed E-state index contributed by atoms with van der Waals surface area (Å²) in [5, 5.41) is 3.06. The minimum Gasteiger partial charge on any atom is -0.493 e. The summed E-state index contributed by atoms with van der Waals surface area (Å²) in [4.78, 5) is 21.3. The molecule has 3 heterocycles. The maximum absolute atomic E-state index is 12.7. The number of hydrogen-bond donors (Lipinski definition) is 0. The fourth-order valence-electron chi connectivity index (χ4n) is 3.37. The van der Waals surface area contributed by atoms with E-state index in [2.05, 4.69) is 16.0 Å². The van der Waals surface area contributed by atoms with Gasteiger partial charge < -0.3 is 14.5 Å². The molecule has 2 aromatic rings. The van der Waals surface area contributed by atoms with Gasteiger partial charge in [-0.3, -0.25) is 4.79 Å². The van der Waals surface area contributed by atoms with Gasteiger partial charge in [0.2, 0.25) is 5.91 Å². The second-order valence-corrected chi connectivity index (χ2v) is 7.13. The number of carbonyl (C=O) groups is 1. The standard InChI is InChI=1S/C18H21N3O2S/c22-17(13-14-2-3-16-15(12-14)4-10-23-16)20-6-1-7-21(9-8-20)18-19-5-11-24-18/h2-3,5,11-12H,1,4,6-10,13H2. The molecule has 1 amide bonds.